The van der Waals surface area contributed by atoms with Crippen LogP contribution in [0.2, 0.25) is 0 Å². The summed E-state index contributed by atoms with van der Waals surface area (Å²) in [7, 11) is -4.02. The summed E-state index contributed by atoms with van der Waals surface area (Å²) < 4.78 is 35.7. The number of ether oxygens (including phenoxy) is 1. The Morgan fingerprint density at radius 1 is 1.50 bits per heavy atom. The normalized spacial score (nSPS) is 23.5. The first-order valence-corrected chi connectivity index (χ1v) is 7.03. The lowest BCUT2D eigenvalue weighted by molar-refractivity contribution is -0.143. The van der Waals surface area contributed by atoms with Gasteiger partial charge in [-0.15, -0.1) is 0 Å². The fraction of sp³-hybridized carbons (Fsp3) is 0.900. The maximum absolute atomic E-state index is 11.0. The third-order valence-electron chi connectivity index (χ3n) is 2.64. The van der Waals surface area contributed by atoms with Gasteiger partial charge in [-0.1, -0.05) is 13.8 Å². The Bertz CT molecular complexity index is 346. The van der Waals surface area contributed by atoms with E-state index in [0.717, 1.165) is 0 Å². The maximum Gasteiger partial charge on any atom is 0.306 e. The topological polar surface area (TPSA) is 80.7 Å². The maximum atomic E-state index is 11.0. The second-order valence-electron chi connectivity index (χ2n) is 4.71. The highest BCUT2D eigenvalue weighted by atomic mass is 32.2. The van der Waals surface area contributed by atoms with E-state index >= 15 is 0 Å². The van der Waals surface area contributed by atoms with Crippen molar-refractivity contribution in [1.29, 1.82) is 0 Å². The van der Waals surface area contributed by atoms with Crippen molar-refractivity contribution in [1.82, 2.24) is 0 Å². The number of carbonyl (C=O) groups excluding carboxylic acids is 1. The number of cyclic esters (lactones) is 1. The predicted octanol–water partition coefficient (Wildman–Crippen LogP) is 1.24. The minimum absolute atomic E-state index is 0.283. The fourth-order valence-electron chi connectivity index (χ4n) is 2.08. The molecule has 16 heavy (non-hydrogen) atoms. The lowest BCUT2D eigenvalue weighted by Crippen LogP contribution is -2.28. The van der Waals surface area contributed by atoms with E-state index in [2.05, 4.69) is 0 Å². The van der Waals surface area contributed by atoms with Gasteiger partial charge in [0.05, 0.1) is 5.75 Å². The number of carbonyl (C=O) groups is 1. The van der Waals surface area contributed by atoms with Crippen molar-refractivity contribution in [3.8, 4) is 0 Å². The molecule has 0 saturated carbocycles. The van der Waals surface area contributed by atoms with Crippen molar-refractivity contribution in [2.45, 2.75) is 39.2 Å². The highest BCUT2D eigenvalue weighted by molar-refractivity contribution is 7.85. The van der Waals surface area contributed by atoms with Crippen LogP contribution in [0.1, 0.15) is 33.1 Å². The van der Waals surface area contributed by atoms with E-state index in [-0.39, 0.29) is 23.7 Å². The Labute approximate surface area is 95.9 Å². The van der Waals surface area contributed by atoms with E-state index in [1.54, 1.807) is 0 Å². The summed E-state index contributed by atoms with van der Waals surface area (Å²) in [4.78, 5) is 11.0. The lowest BCUT2D eigenvalue weighted by Gasteiger charge is -2.22. The van der Waals surface area contributed by atoms with Crippen LogP contribution in [0, 0.1) is 11.8 Å². The molecule has 1 aliphatic rings. The molecule has 1 rings (SSSR count). The highest BCUT2D eigenvalue weighted by Gasteiger charge is 2.33. The zero-order valence-electron chi connectivity index (χ0n) is 9.55. The zero-order chi connectivity index (χ0) is 12.3. The smallest absolute Gasteiger partial charge is 0.306 e. The Kier molecular flexibility index (Phi) is 4.32. The van der Waals surface area contributed by atoms with Crippen LogP contribution >= 0.6 is 0 Å². The van der Waals surface area contributed by atoms with Crippen molar-refractivity contribution < 1.29 is 22.5 Å². The summed E-state index contributed by atoms with van der Waals surface area (Å²) in [6.07, 6.45) is 1.14. The van der Waals surface area contributed by atoms with Gasteiger partial charge < -0.3 is 4.74 Å². The molecule has 0 aromatic heterocycles. The molecule has 0 aromatic rings. The van der Waals surface area contributed by atoms with Crippen molar-refractivity contribution in [3.05, 3.63) is 0 Å². The van der Waals surface area contributed by atoms with Gasteiger partial charge in [0.1, 0.15) is 6.10 Å². The number of hydrogen-bond donors (Lipinski definition) is 1. The van der Waals surface area contributed by atoms with Crippen LogP contribution in [0.25, 0.3) is 0 Å². The quantitative estimate of drug-likeness (QED) is 0.586. The van der Waals surface area contributed by atoms with Gasteiger partial charge in [0.2, 0.25) is 0 Å². The molecule has 0 radical (unpaired) electrons. The molecule has 2 unspecified atom stereocenters. The molecule has 1 fully saturated rings. The summed E-state index contributed by atoms with van der Waals surface area (Å²) in [5, 5.41) is 0. The number of hydrogen-bond acceptors (Lipinski definition) is 4. The summed E-state index contributed by atoms with van der Waals surface area (Å²) in [5.74, 6) is -0.620. The number of esters is 1. The third kappa shape index (κ3) is 4.49. The average Bonchev–Trinajstić information content (AvgIpc) is 2.47. The first-order chi connectivity index (χ1) is 7.28. The lowest BCUT2D eigenvalue weighted by atomic mass is 9.92. The second kappa shape index (κ2) is 5.14. The molecule has 1 heterocycles. The van der Waals surface area contributed by atoms with E-state index < -0.39 is 10.1 Å². The molecule has 6 heteroatoms. The van der Waals surface area contributed by atoms with E-state index in [0.29, 0.717) is 25.2 Å². The molecule has 5 nitrogen and oxygen atoms in total. The minimum Gasteiger partial charge on any atom is -0.462 e. The Balaban J connectivity index is 2.67. The summed E-state index contributed by atoms with van der Waals surface area (Å²) >= 11 is 0. The van der Waals surface area contributed by atoms with Gasteiger partial charge in [-0.2, -0.15) is 8.42 Å². The second-order valence-corrected chi connectivity index (χ2v) is 6.20. The zero-order valence-corrected chi connectivity index (χ0v) is 10.4. The molecular weight excluding hydrogens is 232 g/mol. The van der Waals surface area contributed by atoms with Crippen molar-refractivity contribution in [2.24, 2.45) is 11.8 Å². The van der Waals surface area contributed by atoms with E-state index in [4.69, 9.17) is 9.29 Å². The van der Waals surface area contributed by atoms with Gasteiger partial charge >= 0.3 is 5.97 Å². The van der Waals surface area contributed by atoms with Crippen LogP contribution < -0.4 is 0 Å². The molecule has 0 spiro atoms. The van der Waals surface area contributed by atoms with Gasteiger partial charge in [-0.05, 0) is 18.8 Å². The van der Waals surface area contributed by atoms with Gasteiger partial charge in [0.25, 0.3) is 10.1 Å². The van der Waals surface area contributed by atoms with Crippen LogP contribution in [0.4, 0.5) is 0 Å². The Morgan fingerprint density at radius 3 is 2.50 bits per heavy atom. The highest BCUT2D eigenvalue weighted by Crippen LogP contribution is 2.27. The molecule has 0 aliphatic carbocycles. The van der Waals surface area contributed by atoms with Gasteiger partial charge in [-0.25, -0.2) is 0 Å². The SMILES string of the molecule is CC(C)CC(CS(=O)(=O)O)C1CCC(=O)O1. The average molecular weight is 250 g/mol. The first kappa shape index (κ1) is 13.4. The standard InChI is InChI=1S/C10H18O5S/c1-7(2)5-8(6-16(12,13)14)9-3-4-10(11)15-9/h7-9H,3-6H2,1-2H3,(H,12,13,14). The van der Waals surface area contributed by atoms with Crippen LogP contribution in [-0.2, 0) is 19.6 Å². The molecular formula is C10H18O5S. The van der Waals surface area contributed by atoms with Crippen LogP contribution in [-0.4, -0.2) is 30.8 Å². The minimum atomic E-state index is -4.02. The first-order valence-electron chi connectivity index (χ1n) is 5.42. The molecule has 1 aliphatic heterocycles. The predicted molar refractivity (Wildman–Crippen MR) is 58.5 cm³/mol. The molecule has 0 bridgehead atoms. The van der Waals surface area contributed by atoms with E-state index in [9.17, 15) is 13.2 Å². The van der Waals surface area contributed by atoms with E-state index in [1.165, 1.54) is 0 Å². The molecule has 0 amide bonds. The molecule has 94 valence electrons. The molecule has 1 saturated heterocycles. The number of rotatable bonds is 5. The van der Waals surface area contributed by atoms with Crippen LogP contribution in [0.15, 0.2) is 0 Å². The van der Waals surface area contributed by atoms with Gasteiger partial charge in [-0.3, -0.25) is 9.35 Å². The van der Waals surface area contributed by atoms with Crippen LogP contribution in [0.5, 0.6) is 0 Å². The summed E-state index contributed by atoms with van der Waals surface area (Å²) in [5.41, 5.74) is 0. The van der Waals surface area contributed by atoms with E-state index in [1.807, 2.05) is 13.8 Å². The summed E-state index contributed by atoms with van der Waals surface area (Å²) in [6, 6.07) is 0. The fourth-order valence-corrected chi connectivity index (χ4v) is 2.97. The molecule has 2 atom stereocenters. The third-order valence-corrected chi connectivity index (χ3v) is 3.49. The van der Waals surface area contributed by atoms with Gasteiger partial charge in [0, 0.05) is 12.3 Å². The Morgan fingerprint density at radius 2 is 2.12 bits per heavy atom. The largest absolute Gasteiger partial charge is 0.462 e. The van der Waals surface area contributed by atoms with Crippen molar-refractivity contribution in [3.63, 3.8) is 0 Å². The van der Waals surface area contributed by atoms with Crippen LogP contribution in [0.3, 0.4) is 0 Å². The van der Waals surface area contributed by atoms with Crippen molar-refractivity contribution >= 4 is 16.1 Å². The molecule has 0 aromatic carbocycles. The molecule has 1 N–H and O–H groups in total. The van der Waals surface area contributed by atoms with Crippen molar-refractivity contribution in [2.75, 3.05) is 5.75 Å². The summed E-state index contributed by atoms with van der Waals surface area (Å²) in [6.45, 7) is 3.93. The monoisotopic (exact) mass is 250 g/mol. The van der Waals surface area contributed by atoms with Gasteiger partial charge in [0.15, 0.2) is 0 Å². The Hall–Kier alpha value is -0.620.